The van der Waals surface area contributed by atoms with Gasteiger partial charge in [0.2, 0.25) is 5.95 Å². The van der Waals surface area contributed by atoms with Crippen LogP contribution in [0.2, 0.25) is 0 Å². The summed E-state index contributed by atoms with van der Waals surface area (Å²) in [7, 11) is 1.66. The van der Waals surface area contributed by atoms with E-state index < -0.39 is 5.95 Å². The van der Waals surface area contributed by atoms with Crippen LogP contribution in [-0.4, -0.2) is 41.0 Å². The molecule has 7 heteroatoms. The van der Waals surface area contributed by atoms with E-state index in [1.54, 1.807) is 31.4 Å². The maximum atomic E-state index is 13.4. The lowest BCUT2D eigenvalue weighted by molar-refractivity contribution is 0.0706. The molecular weight excluding hydrogens is 389 g/mol. The van der Waals surface area contributed by atoms with Crippen molar-refractivity contribution in [2.24, 2.45) is 0 Å². The van der Waals surface area contributed by atoms with Gasteiger partial charge in [-0.1, -0.05) is 12.1 Å². The molecule has 0 spiro atoms. The molecule has 1 aliphatic heterocycles. The molecule has 0 bridgehead atoms. The van der Waals surface area contributed by atoms with Crippen molar-refractivity contribution in [1.82, 2.24) is 14.9 Å². The Morgan fingerprint density at radius 1 is 1.34 bits per heavy atom. The molecule has 0 N–H and O–H groups in total. The summed E-state index contributed by atoms with van der Waals surface area (Å²) < 4.78 is 18.9. The highest BCUT2D eigenvalue weighted by Gasteiger charge is 2.28. The molecule has 0 unspecified atom stereocenters. The predicted octanol–water partition coefficient (Wildman–Crippen LogP) is 4.68. The van der Waals surface area contributed by atoms with Crippen LogP contribution in [0.5, 0.6) is 5.75 Å². The number of carbonyl (C=O) groups is 1. The van der Waals surface area contributed by atoms with Gasteiger partial charge in [0, 0.05) is 41.7 Å². The number of methoxy groups -OCH3 is 1. The van der Waals surface area contributed by atoms with Crippen LogP contribution in [0.4, 0.5) is 4.39 Å². The van der Waals surface area contributed by atoms with Crippen molar-refractivity contribution in [2.45, 2.75) is 25.7 Å². The maximum absolute atomic E-state index is 13.4. The minimum absolute atomic E-state index is 0.105. The van der Waals surface area contributed by atoms with Gasteiger partial charge >= 0.3 is 0 Å². The Bertz CT molecular complexity index is 1040. The Morgan fingerprint density at radius 3 is 2.97 bits per heavy atom. The summed E-state index contributed by atoms with van der Waals surface area (Å²) in [5, 5.41) is 3.07. The number of rotatable bonds is 4. The highest BCUT2D eigenvalue weighted by atomic mass is 32.1. The van der Waals surface area contributed by atoms with Gasteiger partial charge in [0.25, 0.3) is 5.91 Å². The zero-order valence-electron chi connectivity index (χ0n) is 16.4. The third-order valence-corrected chi connectivity index (χ3v) is 6.23. The zero-order valence-corrected chi connectivity index (χ0v) is 17.2. The summed E-state index contributed by atoms with van der Waals surface area (Å²) >= 11 is 1.62. The number of hydrogen-bond donors (Lipinski definition) is 0. The number of aryl methyl sites for hydroxylation is 1. The van der Waals surface area contributed by atoms with E-state index in [0.29, 0.717) is 24.2 Å². The molecule has 1 saturated heterocycles. The normalized spacial score (nSPS) is 16.7. The van der Waals surface area contributed by atoms with Crippen LogP contribution in [0, 0.1) is 12.9 Å². The minimum atomic E-state index is -0.537. The Morgan fingerprint density at radius 2 is 2.17 bits per heavy atom. The average molecular weight is 412 g/mol. The first-order chi connectivity index (χ1) is 14.1. The van der Waals surface area contributed by atoms with Crippen molar-refractivity contribution in [3.63, 3.8) is 0 Å². The van der Waals surface area contributed by atoms with Crippen molar-refractivity contribution in [3.05, 3.63) is 64.0 Å². The van der Waals surface area contributed by atoms with E-state index in [1.807, 2.05) is 34.5 Å². The monoisotopic (exact) mass is 411 g/mol. The van der Waals surface area contributed by atoms with Crippen LogP contribution < -0.4 is 4.74 Å². The topological polar surface area (TPSA) is 55.3 Å². The fraction of sp³-hybridized carbons (Fsp3) is 0.318. The first-order valence-corrected chi connectivity index (χ1v) is 10.4. The second-order valence-corrected chi connectivity index (χ2v) is 8.08. The number of carbonyl (C=O) groups excluding carboxylic acids is 1. The molecule has 1 atom stereocenters. The number of halogens is 1. The number of pyridine rings is 1. The number of aromatic nitrogens is 2. The molecule has 4 rings (SSSR count). The predicted molar refractivity (Wildman–Crippen MR) is 111 cm³/mol. The number of benzene rings is 1. The number of nitrogens with zero attached hydrogens (tertiary/aromatic N) is 3. The average Bonchev–Trinajstić information content (AvgIpc) is 3.25. The Balaban J connectivity index is 1.52. The van der Waals surface area contributed by atoms with Gasteiger partial charge in [-0.3, -0.25) is 4.79 Å². The number of likely N-dealkylation sites (tertiary alicyclic amines) is 1. The van der Waals surface area contributed by atoms with Crippen LogP contribution in [0.1, 0.15) is 39.7 Å². The fourth-order valence-electron chi connectivity index (χ4n) is 3.68. The summed E-state index contributed by atoms with van der Waals surface area (Å²) in [6.45, 7) is 2.91. The lowest BCUT2D eigenvalue weighted by Gasteiger charge is -2.32. The van der Waals surface area contributed by atoms with Crippen LogP contribution in [0.25, 0.3) is 11.3 Å². The third kappa shape index (κ3) is 4.00. The SMILES string of the molecule is COc1ccccc1-c1csc([C@@H]2CCCN(C(=O)c3cnc(F)c(C)c3)C2)n1. The number of ether oxygens (including phenoxy) is 1. The lowest BCUT2D eigenvalue weighted by atomic mass is 9.98. The van der Waals surface area contributed by atoms with Gasteiger partial charge in [-0.15, -0.1) is 11.3 Å². The standard InChI is InChI=1S/C22H22FN3O2S/c1-14-10-16(11-24-20(14)23)22(27)26-9-5-6-15(12-26)21-25-18(13-29-21)17-7-3-4-8-19(17)28-2/h3-4,7-8,10-11,13,15H,5-6,9,12H2,1-2H3/t15-/m1/s1. The van der Waals surface area contributed by atoms with Crippen molar-refractivity contribution in [2.75, 3.05) is 20.2 Å². The quantitative estimate of drug-likeness (QED) is 0.585. The number of piperidine rings is 1. The maximum Gasteiger partial charge on any atom is 0.255 e. The molecule has 1 fully saturated rings. The first kappa shape index (κ1) is 19.5. The van der Waals surface area contributed by atoms with E-state index in [-0.39, 0.29) is 11.8 Å². The molecule has 1 amide bonds. The second-order valence-electron chi connectivity index (χ2n) is 7.19. The van der Waals surface area contributed by atoms with Crippen LogP contribution >= 0.6 is 11.3 Å². The smallest absolute Gasteiger partial charge is 0.255 e. The van der Waals surface area contributed by atoms with E-state index in [4.69, 9.17) is 9.72 Å². The fourth-order valence-corrected chi connectivity index (χ4v) is 4.62. The lowest BCUT2D eigenvalue weighted by Crippen LogP contribution is -2.39. The van der Waals surface area contributed by atoms with Gasteiger partial charge in [0.05, 0.1) is 23.4 Å². The van der Waals surface area contributed by atoms with E-state index in [2.05, 4.69) is 4.98 Å². The van der Waals surface area contributed by atoms with Crippen molar-refractivity contribution < 1.29 is 13.9 Å². The summed E-state index contributed by atoms with van der Waals surface area (Å²) in [6, 6.07) is 9.40. The number of amides is 1. The van der Waals surface area contributed by atoms with Crippen LogP contribution in [0.15, 0.2) is 41.9 Å². The molecule has 2 aromatic heterocycles. The van der Waals surface area contributed by atoms with Crippen LogP contribution in [0.3, 0.4) is 0 Å². The van der Waals surface area contributed by atoms with Gasteiger partial charge in [-0.05, 0) is 38.0 Å². The van der Waals surface area contributed by atoms with Crippen LogP contribution in [-0.2, 0) is 0 Å². The van der Waals surface area contributed by atoms with Gasteiger partial charge in [-0.25, -0.2) is 9.97 Å². The second kappa shape index (κ2) is 8.29. The summed E-state index contributed by atoms with van der Waals surface area (Å²) in [6.07, 6.45) is 3.22. The molecule has 1 aliphatic rings. The van der Waals surface area contributed by atoms with Gasteiger partial charge < -0.3 is 9.64 Å². The third-order valence-electron chi connectivity index (χ3n) is 5.22. The number of para-hydroxylation sites is 1. The Labute approximate surface area is 173 Å². The molecule has 0 aliphatic carbocycles. The summed E-state index contributed by atoms with van der Waals surface area (Å²) in [5.74, 6) is 0.344. The molecular formula is C22H22FN3O2S. The molecule has 5 nitrogen and oxygen atoms in total. The number of thiazole rings is 1. The number of hydrogen-bond acceptors (Lipinski definition) is 5. The Hall–Kier alpha value is -2.80. The van der Waals surface area contributed by atoms with Gasteiger partial charge in [0.1, 0.15) is 5.75 Å². The highest BCUT2D eigenvalue weighted by Crippen LogP contribution is 2.35. The van der Waals surface area contributed by atoms with E-state index >= 15 is 0 Å². The molecule has 0 radical (unpaired) electrons. The molecule has 3 heterocycles. The first-order valence-electron chi connectivity index (χ1n) is 9.57. The summed E-state index contributed by atoms with van der Waals surface area (Å²) in [5.41, 5.74) is 2.67. The molecule has 29 heavy (non-hydrogen) atoms. The van der Waals surface area contributed by atoms with E-state index in [1.165, 1.54) is 6.20 Å². The van der Waals surface area contributed by atoms with E-state index in [0.717, 1.165) is 34.9 Å². The largest absolute Gasteiger partial charge is 0.496 e. The van der Waals surface area contributed by atoms with E-state index in [9.17, 15) is 9.18 Å². The van der Waals surface area contributed by atoms with Crippen molar-refractivity contribution in [3.8, 4) is 17.0 Å². The van der Waals surface area contributed by atoms with Crippen molar-refractivity contribution in [1.29, 1.82) is 0 Å². The van der Waals surface area contributed by atoms with Gasteiger partial charge in [-0.2, -0.15) is 4.39 Å². The van der Waals surface area contributed by atoms with Gasteiger partial charge in [0.15, 0.2) is 0 Å². The minimum Gasteiger partial charge on any atom is -0.496 e. The highest BCUT2D eigenvalue weighted by molar-refractivity contribution is 7.10. The molecule has 150 valence electrons. The molecule has 0 saturated carbocycles. The van der Waals surface area contributed by atoms with Crippen molar-refractivity contribution >= 4 is 17.2 Å². The Kier molecular flexibility index (Phi) is 5.58. The molecule has 3 aromatic rings. The zero-order chi connectivity index (χ0) is 20.4. The summed E-state index contributed by atoms with van der Waals surface area (Å²) in [4.78, 5) is 23.2. The molecule has 1 aromatic carbocycles.